The van der Waals surface area contributed by atoms with Crippen LogP contribution in [0.2, 0.25) is 0 Å². The summed E-state index contributed by atoms with van der Waals surface area (Å²) in [5.74, 6) is -0.508. The molecular weight excluding hydrogens is 278 g/mol. The second-order valence-corrected chi connectivity index (χ2v) is 5.46. The van der Waals surface area contributed by atoms with Crippen molar-refractivity contribution in [2.24, 2.45) is 11.7 Å². The molecule has 1 aromatic carbocycles. The molecule has 0 aromatic heterocycles. The highest BCUT2D eigenvalue weighted by Crippen LogP contribution is 2.37. The van der Waals surface area contributed by atoms with E-state index >= 15 is 0 Å². The van der Waals surface area contributed by atoms with Crippen LogP contribution in [0.15, 0.2) is 12.1 Å². The van der Waals surface area contributed by atoms with E-state index in [4.69, 9.17) is 10.8 Å². The van der Waals surface area contributed by atoms with E-state index in [0.29, 0.717) is 17.0 Å². The van der Waals surface area contributed by atoms with Crippen LogP contribution in [0.5, 0.6) is 5.75 Å². The molecular formula is C15H22ClNO3. The van der Waals surface area contributed by atoms with E-state index < -0.39 is 5.97 Å². The Bertz CT molecular complexity index is 484. The van der Waals surface area contributed by atoms with Gasteiger partial charge in [0.15, 0.2) is 0 Å². The number of phenols is 1. The molecule has 1 aromatic rings. The Balaban J connectivity index is 0.00000200. The summed E-state index contributed by atoms with van der Waals surface area (Å²) in [6.45, 7) is 1.71. The number of aromatic carboxylic acids is 1. The third-order valence-corrected chi connectivity index (χ3v) is 4.09. The molecule has 4 nitrogen and oxygen atoms in total. The van der Waals surface area contributed by atoms with Gasteiger partial charge in [-0.2, -0.15) is 0 Å². The van der Waals surface area contributed by atoms with Gasteiger partial charge in [-0.1, -0.05) is 19.3 Å². The van der Waals surface area contributed by atoms with Gasteiger partial charge >= 0.3 is 5.97 Å². The molecule has 0 amide bonds. The zero-order chi connectivity index (χ0) is 14.0. The van der Waals surface area contributed by atoms with Gasteiger partial charge in [0, 0.05) is 11.6 Å². The normalized spacial score (nSPS) is 17.3. The number of carbonyl (C=O) groups is 1. The lowest BCUT2D eigenvalue weighted by Crippen LogP contribution is -2.24. The highest BCUT2D eigenvalue weighted by Gasteiger charge is 2.25. The van der Waals surface area contributed by atoms with Gasteiger partial charge in [0.1, 0.15) is 5.75 Å². The lowest BCUT2D eigenvalue weighted by molar-refractivity contribution is 0.0696. The second-order valence-electron chi connectivity index (χ2n) is 5.46. The van der Waals surface area contributed by atoms with Gasteiger partial charge in [-0.05, 0) is 43.4 Å². The first-order valence-electron chi connectivity index (χ1n) is 6.83. The number of benzene rings is 1. The van der Waals surface area contributed by atoms with Gasteiger partial charge in [0.05, 0.1) is 5.56 Å². The fourth-order valence-corrected chi connectivity index (χ4v) is 2.93. The smallest absolute Gasteiger partial charge is 0.335 e. The molecule has 4 N–H and O–H groups in total. The number of rotatable bonds is 3. The zero-order valence-corrected chi connectivity index (χ0v) is 12.4. The lowest BCUT2D eigenvalue weighted by atomic mass is 9.80. The Kier molecular flexibility index (Phi) is 5.84. The number of aromatic hydroxyl groups is 1. The average molecular weight is 300 g/mol. The van der Waals surface area contributed by atoms with E-state index in [1.807, 2.05) is 0 Å². The average Bonchev–Trinajstić information content (AvgIpc) is 2.41. The molecule has 1 saturated carbocycles. The van der Waals surface area contributed by atoms with Crippen LogP contribution in [0.4, 0.5) is 0 Å². The minimum absolute atomic E-state index is 0. The lowest BCUT2D eigenvalue weighted by Gasteiger charge is -2.28. The number of carboxylic acid groups (broad SMARTS) is 1. The topological polar surface area (TPSA) is 83.5 Å². The van der Waals surface area contributed by atoms with Crippen LogP contribution in [0.3, 0.4) is 0 Å². The molecule has 1 atom stereocenters. The maximum Gasteiger partial charge on any atom is 0.335 e. The Morgan fingerprint density at radius 2 is 1.90 bits per heavy atom. The summed E-state index contributed by atoms with van der Waals surface area (Å²) in [6.07, 6.45) is 5.67. The molecule has 0 saturated heterocycles. The van der Waals surface area contributed by atoms with E-state index in [9.17, 15) is 9.90 Å². The van der Waals surface area contributed by atoms with Crippen LogP contribution >= 0.6 is 12.4 Å². The third-order valence-electron chi connectivity index (χ3n) is 4.09. The molecule has 0 spiro atoms. The van der Waals surface area contributed by atoms with Crippen molar-refractivity contribution in [2.45, 2.75) is 45.1 Å². The van der Waals surface area contributed by atoms with E-state index in [2.05, 4.69) is 0 Å². The monoisotopic (exact) mass is 299 g/mol. The number of carboxylic acids is 1. The highest BCUT2D eigenvalue weighted by atomic mass is 35.5. The number of hydrogen-bond acceptors (Lipinski definition) is 3. The van der Waals surface area contributed by atoms with Crippen molar-refractivity contribution >= 4 is 18.4 Å². The second kappa shape index (κ2) is 6.95. The zero-order valence-electron chi connectivity index (χ0n) is 11.6. The molecule has 20 heavy (non-hydrogen) atoms. The van der Waals surface area contributed by atoms with Crippen molar-refractivity contribution in [3.8, 4) is 5.75 Å². The van der Waals surface area contributed by atoms with Gasteiger partial charge in [0.25, 0.3) is 0 Å². The molecule has 1 aliphatic carbocycles. The largest absolute Gasteiger partial charge is 0.507 e. The molecule has 0 unspecified atom stereocenters. The summed E-state index contributed by atoms with van der Waals surface area (Å²) in [4.78, 5) is 11.1. The van der Waals surface area contributed by atoms with Crippen molar-refractivity contribution in [3.63, 3.8) is 0 Å². The van der Waals surface area contributed by atoms with Crippen LogP contribution in [0.25, 0.3) is 0 Å². The van der Waals surface area contributed by atoms with Gasteiger partial charge < -0.3 is 15.9 Å². The molecule has 112 valence electrons. The van der Waals surface area contributed by atoms with Crippen LogP contribution in [-0.4, -0.2) is 16.2 Å². The standard InChI is InChI=1S/C15H21NO3.ClH/c1-9-7-11(15(18)19)8-12(14(9)17)13(16)10-5-3-2-4-6-10;/h7-8,10,13,17H,2-6,16H2,1H3,(H,18,19);1H/t13-;/m0./s1. The summed E-state index contributed by atoms with van der Waals surface area (Å²) >= 11 is 0. The fraction of sp³-hybridized carbons (Fsp3) is 0.533. The number of phenolic OH excluding ortho intramolecular Hbond substituents is 1. The van der Waals surface area contributed by atoms with Crippen LogP contribution in [0.1, 0.15) is 59.6 Å². The first-order chi connectivity index (χ1) is 9.00. The van der Waals surface area contributed by atoms with Gasteiger partial charge in [0.2, 0.25) is 0 Å². The number of nitrogens with two attached hydrogens (primary N) is 1. The first-order valence-corrected chi connectivity index (χ1v) is 6.83. The number of halogens is 1. The minimum Gasteiger partial charge on any atom is -0.507 e. The predicted octanol–water partition coefficient (Wildman–Crippen LogP) is 3.40. The van der Waals surface area contributed by atoms with E-state index in [-0.39, 0.29) is 29.8 Å². The van der Waals surface area contributed by atoms with E-state index in [1.54, 1.807) is 6.92 Å². The number of hydrogen-bond donors (Lipinski definition) is 3. The molecule has 0 aliphatic heterocycles. The molecule has 0 radical (unpaired) electrons. The molecule has 0 heterocycles. The van der Waals surface area contributed by atoms with Gasteiger partial charge in [-0.25, -0.2) is 4.79 Å². The molecule has 2 rings (SSSR count). The Morgan fingerprint density at radius 3 is 2.45 bits per heavy atom. The van der Waals surface area contributed by atoms with Crippen molar-refractivity contribution < 1.29 is 15.0 Å². The minimum atomic E-state index is -0.986. The fourth-order valence-electron chi connectivity index (χ4n) is 2.93. The first kappa shape index (κ1) is 16.8. The molecule has 0 bridgehead atoms. The van der Waals surface area contributed by atoms with Crippen LogP contribution < -0.4 is 5.73 Å². The predicted molar refractivity (Wildman–Crippen MR) is 80.6 cm³/mol. The third kappa shape index (κ3) is 3.44. The molecule has 1 fully saturated rings. The SMILES string of the molecule is Cc1cc(C(=O)O)cc([C@@H](N)C2CCCCC2)c1O.Cl. The van der Waals surface area contributed by atoms with Crippen LogP contribution in [-0.2, 0) is 0 Å². The maximum absolute atomic E-state index is 11.1. The van der Waals surface area contributed by atoms with Gasteiger partial charge in [-0.3, -0.25) is 0 Å². The quantitative estimate of drug-likeness (QED) is 0.798. The van der Waals surface area contributed by atoms with Gasteiger partial charge in [-0.15, -0.1) is 12.4 Å². The van der Waals surface area contributed by atoms with Crippen molar-refractivity contribution in [3.05, 3.63) is 28.8 Å². The Hall–Kier alpha value is -1.26. The maximum atomic E-state index is 11.1. The molecule has 1 aliphatic rings. The van der Waals surface area contributed by atoms with Crippen molar-refractivity contribution in [2.75, 3.05) is 0 Å². The number of aryl methyl sites for hydroxylation is 1. The Morgan fingerprint density at radius 1 is 1.30 bits per heavy atom. The summed E-state index contributed by atoms with van der Waals surface area (Å²) in [5.41, 5.74) is 7.59. The highest BCUT2D eigenvalue weighted by molar-refractivity contribution is 5.88. The summed E-state index contributed by atoms with van der Waals surface area (Å²) in [7, 11) is 0. The van der Waals surface area contributed by atoms with E-state index in [1.165, 1.54) is 18.6 Å². The molecule has 5 heteroatoms. The Labute approximate surface area is 125 Å². The van der Waals surface area contributed by atoms with E-state index in [0.717, 1.165) is 25.7 Å². The van der Waals surface area contributed by atoms with Crippen molar-refractivity contribution in [1.29, 1.82) is 0 Å². The summed E-state index contributed by atoms with van der Waals surface area (Å²) < 4.78 is 0. The summed E-state index contributed by atoms with van der Waals surface area (Å²) in [6, 6.07) is 2.72. The van der Waals surface area contributed by atoms with Crippen LogP contribution in [0, 0.1) is 12.8 Å². The van der Waals surface area contributed by atoms with Crippen molar-refractivity contribution in [1.82, 2.24) is 0 Å². The summed E-state index contributed by atoms with van der Waals surface area (Å²) in [5, 5.41) is 19.2.